The largest absolute Gasteiger partial charge is 0.469 e. The number of nitrogens with zero attached hydrogens (tertiary/aromatic N) is 1. The molecule has 1 atom stereocenters. The van der Waals surface area contributed by atoms with E-state index in [4.69, 9.17) is 4.74 Å². The van der Waals surface area contributed by atoms with Gasteiger partial charge in [-0.25, -0.2) is 0 Å². The zero-order chi connectivity index (χ0) is 17.0. The Labute approximate surface area is 135 Å². The fourth-order valence-electron chi connectivity index (χ4n) is 2.03. The lowest BCUT2D eigenvalue weighted by Gasteiger charge is -2.30. The molecule has 0 aromatic carbocycles. The predicted molar refractivity (Wildman–Crippen MR) is 90.1 cm³/mol. The van der Waals surface area contributed by atoms with Crippen LogP contribution >= 0.6 is 0 Å². The number of aliphatic imine (C=N–C) groups is 1. The van der Waals surface area contributed by atoms with Gasteiger partial charge in [-0.15, -0.1) is 0 Å². The highest BCUT2D eigenvalue weighted by molar-refractivity contribution is 5.79. The molecular formula is C16H33N3O3. The molecule has 0 bridgehead atoms. The van der Waals surface area contributed by atoms with Crippen LogP contribution in [0.2, 0.25) is 0 Å². The van der Waals surface area contributed by atoms with E-state index in [-0.39, 0.29) is 17.5 Å². The fourth-order valence-corrected chi connectivity index (χ4v) is 2.03. The van der Waals surface area contributed by atoms with Gasteiger partial charge in [0.1, 0.15) is 0 Å². The molecule has 0 aliphatic heterocycles. The third-order valence-electron chi connectivity index (χ3n) is 3.51. The number of ether oxygens (including phenoxy) is 2. The topological polar surface area (TPSA) is 72.0 Å². The van der Waals surface area contributed by atoms with Crippen molar-refractivity contribution in [3.05, 3.63) is 0 Å². The van der Waals surface area contributed by atoms with E-state index in [0.717, 1.165) is 31.8 Å². The van der Waals surface area contributed by atoms with Crippen LogP contribution in [0, 0.1) is 5.41 Å². The van der Waals surface area contributed by atoms with Crippen molar-refractivity contribution in [1.82, 2.24) is 10.6 Å². The Kier molecular flexibility index (Phi) is 10.6. The molecule has 0 radical (unpaired) electrons. The van der Waals surface area contributed by atoms with Gasteiger partial charge in [-0.1, -0.05) is 27.2 Å². The molecule has 22 heavy (non-hydrogen) atoms. The van der Waals surface area contributed by atoms with Gasteiger partial charge in [-0.05, 0) is 18.3 Å². The number of nitrogens with one attached hydrogen (secondary N) is 2. The van der Waals surface area contributed by atoms with Gasteiger partial charge in [0.15, 0.2) is 5.96 Å². The molecular weight excluding hydrogens is 282 g/mol. The number of carbonyl (C=O) groups excluding carboxylic acids is 1. The normalized spacial score (nSPS) is 13.6. The van der Waals surface area contributed by atoms with Crippen LogP contribution in [0.5, 0.6) is 0 Å². The Morgan fingerprint density at radius 3 is 2.32 bits per heavy atom. The number of unbranched alkanes of at least 4 members (excludes halogenated alkanes) is 2. The average Bonchev–Trinajstić information content (AvgIpc) is 2.47. The zero-order valence-electron chi connectivity index (χ0n) is 15.0. The number of guanidine groups is 1. The summed E-state index contributed by atoms with van der Waals surface area (Å²) in [6.07, 6.45) is 3.44. The number of carbonyl (C=O) groups is 1. The lowest BCUT2D eigenvalue weighted by Crippen LogP contribution is -2.45. The zero-order valence-corrected chi connectivity index (χ0v) is 15.0. The van der Waals surface area contributed by atoms with Gasteiger partial charge >= 0.3 is 5.97 Å². The first kappa shape index (κ1) is 20.7. The van der Waals surface area contributed by atoms with Crippen LogP contribution in [0.25, 0.3) is 0 Å². The molecule has 0 heterocycles. The Balaban J connectivity index is 3.87. The molecule has 0 aliphatic carbocycles. The minimum atomic E-state index is -0.141. The summed E-state index contributed by atoms with van der Waals surface area (Å²) in [5.74, 6) is 0.637. The van der Waals surface area contributed by atoms with Crippen molar-refractivity contribution in [3.8, 4) is 0 Å². The third kappa shape index (κ3) is 9.60. The van der Waals surface area contributed by atoms with Crippen LogP contribution in [0.4, 0.5) is 0 Å². The Morgan fingerprint density at radius 1 is 1.14 bits per heavy atom. The highest BCUT2D eigenvalue weighted by Gasteiger charge is 2.24. The molecule has 0 aromatic rings. The third-order valence-corrected chi connectivity index (χ3v) is 3.51. The minimum Gasteiger partial charge on any atom is -0.469 e. The Bertz CT molecular complexity index is 338. The summed E-state index contributed by atoms with van der Waals surface area (Å²) >= 11 is 0. The van der Waals surface area contributed by atoms with Gasteiger partial charge in [-0.3, -0.25) is 9.79 Å². The number of hydrogen-bond acceptors (Lipinski definition) is 4. The molecule has 0 saturated carbocycles. The standard InChI is InChI=1S/C16H33N3O3/c1-16(2,3)13(21-5)12-19-15(17-4)18-11-9-7-8-10-14(20)22-6/h13H,7-12H2,1-6H3,(H2,17,18,19). The predicted octanol–water partition coefficient (Wildman–Crippen LogP) is 1.95. The summed E-state index contributed by atoms with van der Waals surface area (Å²) in [5, 5.41) is 6.55. The second-order valence-corrected chi connectivity index (χ2v) is 6.36. The van der Waals surface area contributed by atoms with Crippen LogP contribution < -0.4 is 10.6 Å². The Hall–Kier alpha value is -1.30. The summed E-state index contributed by atoms with van der Waals surface area (Å²) in [6, 6.07) is 0. The van der Waals surface area contributed by atoms with Crippen molar-refractivity contribution >= 4 is 11.9 Å². The molecule has 0 aromatic heterocycles. The summed E-state index contributed by atoms with van der Waals surface area (Å²) in [6.45, 7) is 8.00. The van der Waals surface area contributed by atoms with Crippen molar-refractivity contribution in [2.24, 2.45) is 10.4 Å². The van der Waals surface area contributed by atoms with Crippen LogP contribution in [0.3, 0.4) is 0 Å². The van der Waals surface area contributed by atoms with Crippen molar-refractivity contribution in [1.29, 1.82) is 0 Å². The molecule has 130 valence electrons. The molecule has 6 heteroatoms. The molecule has 0 fully saturated rings. The van der Waals surface area contributed by atoms with Gasteiger partial charge in [-0.2, -0.15) is 0 Å². The van der Waals surface area contributed by atoms with Gasteiger partial charge < -0.3 is 20.1 Å². The second-order valence-electron chi connectivity index (χ2n) is 6.36. The summed E-state index contributed by atoms with van der Waals surface area (Å²) < 4.78 is 10.1. The average molecular weight is 315 g/mol. The maximum Gasteiger partial charge on any atom is 0.305 e. The number of esters is 1. The van der Waals surface area contributed by atoms with E-state index in [9.17, 15) is 4.79 Å². The molecule has 6 nitrogen and oxygen atoms in total. The number of rotatable bonds is 9. The fraction of sp³-hybridized carbons (Fsp3) is 0.875. The van der Waals surface area contributed by atoms with E-state index in [1.807, 2.05) is 0 Å². The first-order chi connectivity index (χ1) is 10.3. The molecule has 0 spiro atoms. The van der Waals surface area contributed by atoms with Gasteiger partial charge in [0.05, 0.1) is 13.2 Å². The maximum atomic E-state index is 11.0. The lowest BCUT2D eigenvalue weighted by atomic mass is 9.89. The van der Waals surface area contributed by atoms with E-state index in [2.05, 4.69) is 41.1 Å². The van der Waals surface area contributed by atoms with Crippen LogP contribution in [0.15, 0.2) is 4.99 Å². The van der Waals surface area contributed by atoms with Crippen LogP contribution in [0.1, 0.15) is 46.5 Å². The molecule has 0 aliphatic rings. The van der Waals surface area contributed by atoms with E-state index in [1.165, 1.54) is 7.11 Å². The molecule has 0 saturated heterocycles. The SMILES string of the molecule is CN=C(NCCCCCC(=O)OC)NCC(OC)C(C)(C)C. The van der Waals surface area contributed by atoms with E-state index < -0.39 is 0 Å². The van der Waals surface area contributed by atoms with Gasteiger partial charge in [0.2, 0.25) is 0 Å². The summed E-state index contributed by atoms with van der Waals surface area (Å²) in [5.41, 5.74) is 0.0779. The molecule has 1 unspecified atom stereocenters. The Morgan fingerprint density at radius 2 is 1.82 bits per heavy atom. The van der Waals surface area contributed by atoms with E-state index >= 15 is 0 Å². The smallest absolute Gasteiger partial charge is 0.305 e. The van der Waals surface area contributed by atoms with Crippen molar-refractivity contribution < 1.29 is 14.3 Å². The minimum absolute atomic E-state index is 0.0779. The molecule has 0 rings (SSSR count). The first-order valence-corrected chi connectivity index (χ1v) is 7.89. The summed E-state index contributed by atoms with van der Waals surface area (Å²) in [4.78, 5) is 15.2. The highest BCUT2D eigenvalue weighted by atomic mass is 16.5. The number of hydrogen-bond donors (Lipinski definition) is 2. The van der Waals surface area contributed by atoms with E-state index in [1.54, 1.807) is 14.2 Å². The van der Waals surface area contributed by atoms with Gasteiger partial charge in [0, 0.05) is 33.7 Å². The molecule has 0 amide bonds. The lowest BCUT2D eigenvalue weighted by molar-refractivity contribution is -0.140. The quantitative estimate of drug-likeness (QED) is 0.294. The van der Waals surface area contributed by atoms with Gasteiger partial charge in [0.25, 0.3) is 0 Å². The van der Waals surface area contributed by atoms with E-state index in [0.29, 0.717) is 13.0 Å². The highest BCUT2D eigenvalue weighted by Crippen LogP contribution is 2.20. The maximum absolute atomic E-state index is 11.0. The second kappa shape index (κ2) is 11.3. The number of methoxy groups -OCH3 is 2. The van der Waals surface area contributed by atoms with Crippen molar-refractivity contribution in [2.75, 3.05) is 34.4 Å². The molecule has 2 N–H and O–H groups in total. The van der Waals surface area contributed by atoms with Crippen molar-refractivity contribution in [3.63, 3.8) is 0 Å². The monoisotopic (exact) mass is 315 g/mol. The van der Waals surface area contributed by atoms with Crippen LogP contribution in [-0.4, -0.2) is 52.4 Å². The first-order valence-electron chi connectivity index (χ1n) is 7.89. The van der Waals surface area contributed by atoms with Crippen LogP contribution in [-0.2, 0) is 14.3 Å². The van der Waals surface area contributed by atoms with Crippen molar-refractivity contribution in [2.45, 2.75) is 52.6 Å². The summed E-state index contributed by atoms with van der Waals surface area (Å²) in [7, 11) is 4.91.